The van der Waals surface area contributed by atoms with Crippen LogP contribution >= 0.6 is 0 Å². The first kappa shape index (κ1) is 12.5. The molecule has 0 aliphatic rings. The van der Waals surface area contributed by atoms with Crippen LogP contribution in [0.1, 0.15) is 18.7 Å². The van der Waals surface area contributed by atoms with Crippen molar-refractivity contribution in [3.05, 3.63) is 36.3 Å². The van der Waals surface area contributed by atoms with Crippen LogP contribution < -0.4 is 5.32 Å². The molecular weight excluding hydrogens is 234 g/mol. The van der Waals surface area contributed by atoms with Gasteiger partial charge in [0.1, 0.15) is 17.9 Å². The van der Waals surface area contributed by atoms with Crippen LogP contribution in [0.3, 0.4) is 0 Å². The molecule has 0 fully saturated rings. The van der Waals surface area contributed by atoms with E-state index in [4.69, 9.17) is 0 Å². The van der Waals surface area contributed by atoms with Gasteiger partial charge in [0.15, 0.2) is 0 Å². The van der Waals surface area contributed by atoms with Crippen molar-refractivity contribution in [1.82, 2.24) is 14.7 Å². The second-order valence-electron chi connectivity index (χ2n) is 4.06. The van der Waals surface area contributed by atoms with Crippen LogP contribution in [0.5, 0.6) is 0 Å². The van der Waals surface area contributed by atoms with Crippen molar-refractivity contribution in [2.45, 2.75) is 19.1 Å². The van der Waals surface area contributed by atoms with Crippen LogP contribution in [0.2, 0.25) is 0 Å². The molecule has 6 heteroatoms. The van der Waals surface area contributed by atoms with Crippen molar-refractivity contribution in [3.63, 3.8) is 0 Å². The minimum atomic E-state index is -1.10. The number of imidazole rings is 1. The number of aliphatic hydroxyl groups excluding tert-OH is 2. The van der Waals surface area contributed by atoms with Crippen LogP contribution in [0, 0.1) is 0 Å². The van der Waals surface area contributed by atoms with Crippen LogP contribution in [0.15, 0.2) is 30.6 Å². The fourth-order valence-corrected chi connectivity index (χ4v) is 1.73. The molecule has 2 aromatic heterocycles. The van der Waals surface area contributed by atoms with Crippen molar-refractivity contribution >= 4 is 11.6 Å². The highest BCUT2D eigenvalue weighted by Crippen LogP contribution is 2.18. The maximum atomic E-state index is 10.7. The quantitative estimate of drug-likeness (QED) is 0.704. The summed E-state index contributed by atoms with van der Waals surface area (Å²) in [4.78, 5) is 14.9. The van der Waals surface area contributed by atoms with Gasteiger partial charge in [-0.25, -0.2) is 4.98 Å². The van der Waals surface area contributed by atoms with E-state index in [1.54, 1.807) is 16.7 Å². The largest absolute Gasteiger partial charge is 0.388 e. The van der Waals surface area contributed by atoms with Crippen LogP contribution in [0.4, 0.5) is 0 Å². The molecule has 0 saturated carbocycles. The van der Waals surface area contributed by atoms with E-state index in [0.29, 0.717) is 11.3 Å². The lowest BCUT2D eigenvalue weighted by atomic mass is 10.1. The minimum Gasteiger partial charge on any atom is -0.388 e. The van der Waals surface area contributed by atoms with Crippen molar-refractivity contribution in [2.75, 3.05) is 6.54 Å². The number of hydrogen-bond donors (Lipinski definition) is 3. The van der Waals surface area contributed by atoms with Crippen LogP contribution in [-0.4, -0.2) is 38.2 Å². The average Bonchev–Trinajstić information content (AvgIpc) is 2.78. The molecule has 0 aliphatic carbocycles. The normalized spacial score (nSPS) is 14.4. The molecule has 0 bridgehead atoms. The number of aromatic nitrogens is 2. The highest BCUT2D eigenvalue weighted by molar-refractivity contribution is 5.72. The Kier molecular flexibility index (Phi) is 3.59. The summed E-state index contributed by atoms with van der Waals surface area (Å²) in [5.74, 6) is -0.251. The molecule has 0 saturated heterocycles. The maximum absolute atomic E-state index is 10.7. The minimum absolute atomic E-state index is 0.00341. The molecule has 0 aliphatic heterocycles. The number of carbonyl (C=O) groups is 1. The van der Waals surface area contributed by atoms with Gasteiger partial charge in [-0.05, 0) is 12.1 Å². The summed E-state index contributed by atoms with van der Waals surface area (Å²) in [5, 5.41) is 22.3. The van der Waals surface area contributed by atoms with Crippen molar-refractivity contribution in [3.8, 4) is 0 Å². The lowest BCUT2D eigenvalue weighted by Gasteiger charge is -2.17. The van der Waals surface area contributed by atoms with Crippen molar-refractivity contribution in [1.29, 1.82) is 0 Å². The zero-order valence-electron chi connectivity index (χ0n) is 9.95. The highest BCUT2D eigenvalue weighted by Gasteiger charge is 2.21. The molecule has 1 amide bonds. The first-order valence-electron chi connectivity index (χ1n) is 5.62. The maximum Gasteiger partial charge on any atom is 0.216 e. The summed E-state index contributed by atoms with van der Waals surface area (Å²) in [5.41, 5.74) is 1.18. The van der Waals surface area contributed by atoms with E-state index in [1.807, 2.05) is 12.1 Å². The molecule has 2 heterocycles. The number of nitrogens with one attached hydrogen (secondary N) is 1. The fourth-order valence-electron chi connectivity index (χ4n) is 1.73. The summed E-state index contributed by atoms with van der Waals surface area (Å²) in [6.45, 7) is 1.35. The molecule has 96 valence electrons. The topological polar surface area (TPSA) is 86.9 Å². The zero-order chi connectivity index (χ0) is 13.1. The van der Waals surface area contributed by atoms with Gasteiger partial charge in [0.25, 0.3) is 0 Å². The number of carbonyl (C=O) groups excluding carboxylic acids is 1. The average molecular weight is 249 g/mol. The standard InChI is InChI=1S/C12H15N3O3/c1-8(16)13-7-10(17)12(18)9-6-14-11-4-2-3-5-15(9)11/h2-6,10,12,17-18H,7H2,1H3,(H,13,16). The third kappa shape index (κ3) is 2.49. The zero-order valence-corrected chi connectivity index (χ0v) is 9.95. The van der Waals surface area contributed by atoms with Gasteiger partial charge in [-0.1, -0.05) is 6.07 Å². The first-order chi connectivity index (χ1) is 8.59. The molecule has 2 rings (SSSR count). The number of nitrogens with zero attached hydrogens (tertiary/aromatic N) is 2. The Morgan fingerprint density at radius 1 is 1.50 bits per heavy atom. The SMILES string of the molecule is CC(=O)NCC(O)C(O)c1cnc2ccccn12. The van der Waals surface area contributed by atoms with Gasteiger partial charge in [-0.3, -0.25) is 4.79 Å². The molecule has 0 spiro atoms. The number of aliphatic hydroxyl groups is 2. The smallest absolute Gasteiger partial charge is 0.216 e. The van der Waals surface area contributed by atoms with E-state index in [1.165, 1.54) is 13.1 Å². The van der Waals surface area contributed by atoms with Gasteiger partial charge in [0.2, 0.25) is 5.91 Å². The number of amides is 1. The van der Waals surface area contributed by atoms with Gasteiger partial charge in [0.05, 0.1) is 11.9 Å². The van der Waals surface area contributed by atoms with Crippen LogP contribution in [-0.2, 0) is 4.79 Å². The van der Waals surface area contributed by atoms with Crippen LogP contribution in [0.25, 0.3) is 5.65 Å². The molecule has 0 radical (unpaired) electrons. The predicted molar refractivity (Wildman–Crippen MR) is 64.8 cm³/mol. The van der Waals surface area contributed by atoms with Gasteiger partial charge >= 0.3 is 0 Å². The molecule has 3 N–H and O–H groups in total. The fraction of sp³-hybridized carbons (Fsp3) is 0.333. The summed E-state index contributed by atoms with van der Waals surface area (Å²) in [7, 11) is 0. The van der Waals surface area contributed by atoms with E-state index < -0.39 is 12.2 Å². The Balaban J connectivity index is 2.17. The number of rotatable bonds is 4. The van der Waals surface area contributed by atoms with Gasteiger partial charge in [-0.15, -0.1) is 0 Å². The van der Waals surface area contributed by atoms with Crippen molar-refractivity contribution in [2.24, 2.45) is 0 Å². The Morgan fingerprint density at radius 3 is 3.00 bits per heavy atom. The number of pyridine rings is 1. The Hall–Kier alpha value is -1.92. The van der Waals surface area contributed by atoms with E-state index in [2.05, 4.69) is 10.3 Å². The molecular formula is C12H15N3O3. The first-order valence-corrected chi connectivity index (χ1v) is 5.62. The Morgan fingerprint density at radius 2 is 2.28 bits per heavy atom. The van der Waals surface area contributed by atoms with Crippen molar-refractivity contribution < 1.29 is 15.0 Å². The third-order valence-electron chi connectivity index (χ3n) is 2.67. The second kappa shape index (κ2) is 5.16. The van der Waals surface area contributed by atoms with Gasteiger partial charge in [-0.2, -0.15) is 0 Å². The molecule has 2 unspecified atom stereocenters. The van der Waals surface area contributed by atoms with Gasteiger partial charge in [0, 0.05) is 19.7 Å². The summed E-state index contributed by atoms with van der Waals surface area (Å²) >= 11 is 0. The molecule has 2 aromatic rings. The summed E-state index contributed by atoms with van der Waals surface area (Å²) in [6.07, 6.45) is 1.09. The van der Waals surface area contributed by atoms with E-state index >= 15 is 0 Å². The number of fused-ring (bicyclic) bond motifs is 1. The van der Waals surface area contributed by atoms with E-state index in [0.717, 1.165) is 0 Å². The molecule has 0 aromatic carbocycles. The second-order valence-corrected chi connectivity index (χ2v) is 4.06. The summed E-state index contributed by atoms with van der Waals surface area (Å²) in [6, 6.07) is 5.45. The summed E-state index contributed by atoms with van der Waals surface area (Å²) < 4.78 is 1.70. The predicted octanol–water partition coefficient (Wildman–Crippen LogP) is -0.135. The lowest BCUT2D eigenvalue weighted by Crippen LogP contribution is -2.34. The lowest BCUT2D eigenvalue weighted by molar-refractivity contribution is -0.119. The molecule has 18 heavy (non-hydrogen) atoms. The molecule has 6 nitrogen and oxygen atoms in total. The number of hydrogen-bond acceptors (Lipinski definition) is 4. The monoisotopic (exact) mass is 249 g/mol. The third-order valence-corrected chi connectivity index (χ3v) is 2.67. The van der Waals surface area contributed by atoms with E-state index in [9.17, 15) is 15.0 Å². The Bertz CT molecular complexity index is 552. The van der Waals surface area contributed by atoms with E-state index in [-0.39, 0.29) is 12.5 Å². The Labute approximate surface area is 104 Å². The van der Waals surface area contributed by atoms with Gasteiger partial charge < -0.3 is 19.9 Å². The highest BCUT2D eigenvalue weighted by atomic mass is 16.3. The molecule has 2 atom stereocenters.